The third-order valence-corrected chi connectivity index (χ3v) is 2.75. The van der Waals surface area contributed by atoms with Crippen molar-refractivity contribution in [3.63, 3.8) is 0 Å². The van der Waals surface area contributed by atoms with E-state index >= 15 is 0 Å². The minimum Gasteiger partial charge on any atom is -0.465 e. The number of hydrogen-bond acceptors (Lipinski definition) is 6. The Labute approximate surface area is 113 Å². The molecule has 1 aromatic heterocycles. The summed E-state index contributed by atoms with van der Waals surface area (Å²) in [6, 6.07) is 0. The summed E-state index contributed by atoms with van der Waals surface area (Å²) in [5, 5.41) is 3.84. The number of nitrogens with zero attached hydrogens (tertiary/aromatic N) is 2. The van der Waals surface area contributed by atoms with Crippen LogP contribution in [-0.2, 0) is 14.3 Å². The summed E-state index contributed by atoms with van der Waals surface area (Å²) in [6.45, 7) is 7.98. The third kappa shape index (κ3) is 4.31. The first-order chi connectivity index (χ1) is 8.99. The van der Waals surface area contributed by atoms with Crippen LogP contribution >= 0.6 is 0 Å². The SMILES string of the molecule is CCOC(=O)C(CC(C)C)c1nc(C(C)OC)no1. The van der Waals surface area contributed by atoms with Crippen molar-refractivity contribution in [1.82, 2.24) is 10.1 Å². The molecular weight excluding hydrogens is 248 g/mol. The Balaban J connectivity index is 2.90. The maximum Gasteiger partial charge on any atom is 0.318 e. The molecule has 19 heavy (non-hydrogen) atoms. The van der Waals surface area contributed by atoms with E-state index in [2.05, 4.69) is 10.1 Å². The lowest BCUT2D eigenvalue weighted by molar-refractivity contribution is -0.146. The standard InChI is InChI=1S/C13H22N2O4/c1-6-18-13(16)10(7-8(2)3)12-14-11(15-19-12)9(4)17-5/h8-10H,6-7H2,1-5H3. The van der Waals surface area contributed by atoms with Gasteiger partial charge in [-0.05, 0) is 26.2 Å². The first-order valence-corrected chi connectivity index (χ1v) is 6.52. The Bertz CT molecular complexity index is 403. The second-order valence-electron chi connectivity index (χ2n) is 4.80. The van der Waals surface area contributed by atoms with Crippen LogP contribution in [0.15, 0.2) is 4.52 Å². The molecule has 0 N–H and O–H groups in total. The number of rotatable bonds is 7. The van der Waals surface area contributed by atoms with Crippen LogP contribution in [-0.4, -0.2) is 29.8 Å². The summed E-state index contributed by atoms with van der Waals surface area (Å²) in [4.78, 5) is 16.2. The predicted molar refractivity (Wildman–Crippen MR) is 68.6 cm³/mol. The molecule has 0 aromatic carbocycles. The van der Waals surface area contributed by atoms with Crippen molar-refractivity contribution in [3.8, 4) is 0 Å². The van der Waals surface area contributed by atoms with Gasteiger partial charge in [0.15, 0.2) is 5.82 Å². The molecule has 0 saturated heterocycles. The molecule has 6 nitrogen and oxygen atoms in total. The molecule has 1 rings (SSSR count). The van der Waals surface area contributed by atoms with E-state index in [1.54, 1.807) is 14.0 Å². The van der Waals surface area contributed by atoms with Gasteiger partial charge in [0, 0.05) is 7.11 Å². The minimum absolute atomic E-state index is 0.264. The van der Waals surface area contributed by atoms with Crippen LogP contribution in [0.25, 0.3) is 0 Å². The molecule has 0 aliphatic carbocycles. The lowest BCUT2D eigenvalue weighted by Gasteiger charge is -2.13. The van der Waals surface area contributed by atoms with Gasteiger partial charge in [-0.3, -0.25) is 4.79 Å². The molecule has 2 unspecified atom stereocenters. The average Bonchev–Trinajstić information content (AvgIpc) is 2.84. The number of ether oxygens (including phenoxy) is 2. The van der Waals surface area contributed by atoms with Gasteiger partial charge in [0.2, 0.25) is 5.89 Å². The van der Waals surface area contributed by atoms with Crippen molar-refractivity contribution in [2.75, 3.05) is 13.7 Å². The number of carbonyl (C=O) groups excluding carboxylic acids is 1. The molecule has 6 heteroatoms. The molecule has 0 aliphatic heterocycles. The zero-order valence-corrected chi connectivity index (χ0v) is 12.2. The van der Waals surface area contributed by atoms with Crippen molar-refractivity contribution < 1.29 is 18.8 Å². The van der Waals surface area contributed by atoms with Crippen LogP contribution in [0.4, 0.5) is 0 Å². The van der Waals surface area contributed by atoms with E-state index in [0.717, 1.165) is 0 Å². The van der Waals surface area contributed by atoms with E-state index in [9.17, 15) is 4.79 Å². The number of aromatic nitrogens is 2. The number of carbonyl (C=O) groups is 1. The maximum atomic E-state index is 11.9. The molecule has 0 bridgehead atoms. The van der Waals surface area contributed by atoms with E-state index in [1.165, 1.54) is 0 Å². The monoisotopic (exact) mass is 270 g/mol. The maximum absolute atomic E-state index is 11.9. The van der Waals surface area contributed by atoms with Gasteiger partial charge < -0.3 is 14.0 Å². The van der Waals surface area contributed by atoms with Gasteiger partial charge in [-0.1, -0.05) is 19.0 Å². The molecule has 0 saturated carbocycles. The van der Waals surface area contributed by atoms with Gasteiger partial charge in [0.05, 0.1) is 6.61 Å². The van der Waals surface area contributed by atoms with Gasteiger partial charge in [0.25, 0.3) is 0 Å². The first kappa shape index (κ1) is 15.6. The van der Waals surface area contributed by atoms with Gasteiger partial charge in [-0.15, -0.1) is 0 Å². The summed E-state index contributed by atoms with van der Waals surface area (Å²) in [7, 11) is 1.57. The average molecular weight is 270 g/mol. The highest BCUT2D eigenvalue weighted by Gasteiger charge is 2.29. The van der Waals surface area contributed by atoms with E-state index in [4.69, 9.17) is 14.0 Å². The summed E-state index contributed by atoms with van der Waals surface area (Å²) in [5.41, 5.74) is 0. The second kappa shape index (κ2) is 7.23. The van der Waals surface area contributed by atoms with Crippen molar-refractivity contribution in [2.24, 2.45) is 5.92 Å². The quantitative estimate of drug-likeness (QED) is 0.708. The van der Waals surface area contributed by atoms with E-state index in [-0.39, 0.29) is 12.1 Å². The molecule has 0 amide bonds. The fourth-order valence-corrected chi connectivity index (χ4v) is 1.67. The van der Waals surface area contributed by atoms with Gasteiger partial charge in [-0.2, -0.15) is 4.98 Å². The molecule has 1 aromatic rings. The number of hydrogen-bond donors (Lipinski definition) is 0. The Morgan fingerprint density at radius 1 is 1.37 bits per heavy atom. The van der Waals surface area contributed by atoms with E-state index < -0.39 is 5.92 Å². The third-order valence-electron chi connectivity index (χ3n) is 2.75. The smallest absolute Gasteiger partial charge is 0.318 e. The predicted octanol–water partition coefficient (Wildman–Crippen LogP) is 2.47. The molecule has 0 radical (unpaired) electrons. The summed E-state index contributed by atoms with van der Waals surface area (Å²) in [5.74, 6) is 0.230. The first-order valence-electron chi connectivity index (χ1n) is 6.52. The number of methoxy groups -OCH3 is 1. The highest BCUT2D eigenvalue weighted by Crippen LogP contribution is 2.25. The van der Waals surface area contributed by atoms with E-state index in [1.807, 2.05) is 20.8 Å². The van der Waals surface area contributed by atoms with E-state index in [0.29, 0.717) is 30.7 Å². The van der Waals surface area contributed by atoms with Crippen LogP contribution in [0, 0.1) is 5.92 Å². The molecule has 0 aliphatic rings. The second-order valence-corrected chi connectivity index (χ2v) is 4.80. The van der Waals surface area contributed by atoms with Crippen molar-refractivity contribution in [1.29, 1.82) is 0 Å². The van der Waals surface area contributed by atoms with Crippen molar-refractivity contribution in [3.05, 3.63) is 11.7 Å². The fraction of sp³-hybridized carbons (Fsp3) is 0.769. The normalized spacial score (nSPS) is 14.4. The Morgan fingerprint density at radius 2 is 2.05 bits per heavy atom. The lowest BCUT2D eigenvalue weighted by atomic mass is 9.97. The Hall–Kier alpha value is -1.43. The molecule has 108 valence electrons. The highest BCUT2D eigenvalue weighted by molar-refractivity contribution is 5.76. The Morgan fingerprint density at radius 3 is 2.58 bits per heavy atom. The van der Waals surface area contributed by atoms with Crippen LogP contribution in [0.1, 0.15) is 57.9 Å². The zero-order chi connectivity index (χ0) is 14.4. The van der Waals surface area contributed by atoms with Crippen LogP contribution in [0.5, 0.6) is 0 Å². The topological polar surface area (TPSA) is 74.5 Å². The molecule has 0 fully saturated rings. The van der Waals surface area contributed by atoms with Gasteiger partial charge >= 0.3 is 5.97 Å². The zero-order valence-electron chi connectivity index (χ0n) is 12.2. The summed E-state index contributed by atoms with van der Waals surface area (Å²) >= 11 is 0. The fourth-order valence-electron chi connectivity index (χ4n) is 1.67. The number of esters is 1. The summed E-state index contributed by atoms with van der Waals surface area (Å²) < 4.78 is 15.4. The van der Waals surface area contributed by atoms with Crippen molar-refractivity contribution in [2.45, 2.75) is 46.1 Å². The van der Waals surface area contributed by atoms with Crippen LogP contribution < -0.4 is 0 Å². The molecule has 2 atom stereocenters. The largest absolute Gasteiger partial charge is 0.465 e. The van der Waals surface area contributed by atoms with Gasteiger partial charge in [0.1, 0.15) is 12.0 Å². The molecule has 0 spiro atoms. The molecule has 1 heterocycles. The van der Waals surface area contributed by atoms with Crippen LogP contribution in [0.2, 0.25) is 0 Å². The highest BCUT2D eigenvalue weighted by atomic mass is 16.5. The van der Waals surface area contributed by atoms with Gasteiger partial charge in [-0.25, -0.2) is 0 Å². The van der Waals surface area contributed by atoms with Crippen molar-refractivity contribution >= 4 is 5.97 Å². The molecular formula is C13H22N2O4. The van der Waals surface area contributed by atoms with Crippen LogP contribution in [0.3, 0.4) is 0 Å². The lowest BCUT2D eigenvalue weighted by Crippen LogP contribution is -2.18. The minimum atomic E-state index is -0.509. The Kier molecular flexibility index (Phi) is 5.95. The summed E-state index contributed by atoms with van der Waals surface area (Å²) in [6.07, 6.45) is 0.348.